The number of imidazole rings is 2. The Morgan fingerprint density at radius 1 is 1.08 bits per heavy atom. The topological polar surface area (TPSA) is 66.2 Å². The Kier molecular flexibility index (Phi) is 3.59. The van der Waals surface area contributed by atoms with Gasteiger partial charge in [0.15, 0.2) is 11.2 Å². The molecule has 0 aliphatic rings. The second-order valence-corrected chi connectivity index (χ2v) is 6.95. The van der Waals surface area contributed by atoms with Crippen LogP contribution in [0.15, 0.2) is 33.9 Å². The normalized spacial score (nSPS) is 11.7. The van der Waals surface area contributed by atoms with E-state index in [0.717, 1.165) is 17.0 Å². The molecule has 0 fully saturated rings. The van der Waals surface area contributed by atoms with E-state index in [1.165, 1.54) is 9.13 Å². The van der Waals surface area contributed by atoms with Crippen LogP contribution >= 0.6 is 11.6 Å². The molecule has 0 atom stereocenters. The van der Waals surface area contributed by atoms with E-state index in [-0.39, 0.29) is 12.1 Å². The van der Waals surface area contributed by atoms with Crippen LogP contribution in [0.3, 0.4) is 0 Å². The van der Waals surface area contributed by atoms with Crippen molar-refractivity contribution >= 4 is 28.5 Å². The second-order valence-electron chi connectivity index (χ2n) is 6.51. The molecule has 0 spiro atoms. The number of benzene rings is 1. The molecule has 3 aromatic heterocycles. The lowest BCUT2D eigenvalue weighted by atomic mass is 10.2. The van der Waals surface area contributed by atoms with Crippen molar-refractivity contribution in [3.8, 4) is 0 Å². The largest absolute Gasteiger partial charge is 0.332 e. The SMILES string of the molecule is Cc1c(C)n2c3c(=O)n(Cc4cccc(Cl)c4)c(=O)n(C)c3nc2n1C. The Morgan fingerprint density at radius 2 is 1.81 bits per heavy atom. The van der Waals surface area contributed by atoms with E-state index in [9.17, 15) is 9.59 Å². The zero-order valence-corrected chi connectivity index (χ0v) is 15.7. The Balaban J connectivity index is 2.09. The zero-order chi connectivity index (χ0) is 18.7. The van der Waals surface area contributed by atoms with Gasteiger partial charge in [-0.05, 0) is 31.5 Å². The van der Waals surface area contributed by atoms with Gasteiger partial charge in [0.25, 0.3) is 5.56 Å². The zero-order valence-electron chi connectivity index (χ0n) is 14.9. The third kappa shape index (κ3) is 2.17. The summed E-state index contributed by atoms with van der Waals surface area (Å²) in [5.74, 6) is 0.641. The molecule has 0 amide bonds. The number of halogens is 1. The van der Waals surface area contributed by atoms with Gasteiger partial charge >= 0.3 is 5.69 Å². The Morgan fingerprint density at radius 3 is 2.50 bits per heavy atom. The van der Waals surface area contributed by atoms with Crippen LogP contribution in [-0.4, -0.2) is 23.1 Å². The molecule has 3 heterocycles. The molecule has 0 aliphatic heterocycles. The Hall–Kier alpha value is -2.80. The monoisotopic (exact) mass is 371 g/mol. The third-order valence-corrected chi connectivity index (χ3v) is 5.25. The first-order valence-corrected chi connectivity index (χ1v) is 8.57. The highest BCUT2D eigenvalue weighted by atomic mass is 35.5. The van der Waals surface area contributed by atoms with Gasteiger partial charge in [-0.15, -0.1) is 0 Å². The van der Waals surface area contributed by atoms with Crippen molar-refractivity contribution in [1.82, 2.24) is 23.1 Å². The minimum absolute atomic E-state index is 0.153. The summed E-state index contributed by atoms with van der Waals surface area (Å²) >= 11 is 6.03. The summed E-state index contributed by atoms with van der Waals surface area (Å²) in [6, 6.07) is 7.15. The molecule has 0 radical (unpaired) electrons. The standard InChI is InChI=1S/C18H18ClN5O2/c1-10-11(2)24-14-15(20-17(24)21(10)3)22(4)18(26)23(16(14)25)9-12-6-5-7-13(19)8-12/h5-8H,9H2,1-4H3. The predicted octanol–water partition coefficient (Wildman–Crippen LogP) is 2.00. The maximum Gasteiger partial charge on any atom is 0.332 e. The van der Waals surface area contributed by atoms with Crippen LogP contribution in [-0.2, 0) is 20.6 Å². The first-order chi connectivity index (χ1) is 12.3. The minimum atomic E-state index is -0.403. The van der Waals surface area contributed by atoms with Crippen molar-refractivity contribution in [2.45, 2.75) is 20.4 Å². The highest BCUT2D eigenvalue weighted by Crippen LogP contribution is 2.19. The molecule has 7 nitrogen and oxygen atoms in total. The molecule has 26 heavy (non-hydrogen) atoms. The van der Waals surface area contributed by atoms with Crippen molar-refractivity contribution in [3.05, 3.63) is 67.1 Å². The van der Waals surface area contributed by atoms with Gasteiger partial charge in [0.1, 0.15) is 0 Å². The fraction of sp³-hybridized carbons (Fsp3) is 0.278. The van der Waals surface area contributed by atoms with Crippen molar-refractivity contribution in [3.63, 3.8) is 0 Å². The number of hydrogen-bond donors (Lipinski definition) is 0. The van der Waals surface area contributed by atoms with Gasteiger partial charge in [-0.1, -0.05) is 23.7 Å². The molecule has 0 unspecified atom stereocenters. The van der Waals surface area contributed by atoms with Crippen molar-refractivity contribution < 1.29 is 0 Å². The van der Waals surface area contributed by atoms with Crippen molar-refractivity contribution in [1.29, 1.82) is 0 Å². The summed E-state index contributed by atoms with van der Waals surface area (Å²) in [6.45, 7) is 4.07. The number of hydrogen-bond acceptors (Lipinski definition) is 3. The molecular formula is C18H18ClN5O2. The van der Waals surface area contributed by atoms with Crippen LogP contribution in [0.1, 0.15) is 17.0 Å². The predicted molar refractivity (Wildman–Crippen MR) is 101 cm³/mol. The fourth-order valence-electron chi connectivity index (χ4n) is 3.36. The van der Waals surface area contributed by atoms with Crippen LogP contribution < -0.4 is 11.2 Å². The highest BCUT2D eigenvalue weighted by molar-refractivity contribution is 6.30. The van der Waals surface area contributed by atoms with E-state index in [0.29, 0.717) is 22.0 Å². The number of fused-ring (bicyclic) bond motifs is 3. The Labute approximate surface area is 153 Å². The maximum atomic E-state index is 13.2. The quantitative estimate of drug-likeness (QED) is 0.541. The van der Waals surface area contributed by atoms with E-state index in [1.807, 2.05) is 35.9 Å². The van der Waals surface area contributed by atoms with Crippen LogP contribution in [0.25, 0.3) is 16.9 Å². The minimum Gasteiger partial charge on any atom is -0.317 e. The van der Waals surface area contributed by atoms with Gasteiger partial charge in [-0.2, -0.15) is 4.98 Å². The Bertz CT molecular complexity index is 1310. The van der Waals surface area contributed by atoms with Gasteiger partial charge in [-0.3, -0.25) is 18.3 Å². The molecule has 0 bridgehead atoms. The number of aryl methyl sites for hydroxylation is 3. The van der Waals surface area contributed by atoms with E-state index in [1.54, 1.807) is 25.2 Å². The molecule has 0 saturated carbocycles. The first-order valence-electron chi connectivity index (χ1n) is 8.19. The molecule has 1 aromatic carbocycles. The van der Waals surface area contributed by atoms with Gasteiger partial charge in [0.05, 0.1) is 6.54 Å². The summed E-state index contributed by atoms with van der Waals surface area (Å²) < 4.78 is 6.38. The summed E-state index contributed by atoms with van der Waals surface area (Å²) in [4.78, 5) is 30.5. The van der Waals surface area contributed by atoms with E-state index >= 15 is 0 Å². The highest BCUT2D eigenvalue weighted by Gasteiger charge is 2.21. The van der Waals surface area contributed by atoms with Crippen LogP contribution in [0.2, 0.25) is 5.02 Å². The van der Waals surface area contributed by atoms with Gasteiger partial charge in [0.2, 0.25) is 5.78 Å². The maximum absolute atomic E-state index is 13.2. The van der Waals surface area contributed by atoms with Crippen LogP contribution in [0.5, 0.6) is 0 Å². The van der Waals surface area contributed by atoms with E-state index in [4.69, 9.17) is 11.6 Å². The molecular weight excluding hydrogens is 354 g/mol. The first kappa shape index (κ1) is 16.7. The lowest BCUT2D eigenvalue weighted by Crippen LogP contribution is -2.39. The average molecular weight is 372 g/mol. The molecule has 4 aromatic rings. The lowest BCUT2D eigenvalue weighted by molar-refractivity contribution is 0.656. The van der Waals surface area contributed by atoms with Gasteiger partial charge in [0, 0.05) is 30.5 Å². The molecule has 134 valence electrons. The molecule has 8 heteroatoms. The molecule has 0 saturated heterocycles. The lowest BCUT2D eigenvalue weighted by Gasteiger charge is -2.09. The van der Waals surface area contributed by atoms with Crippen molar-refractivity contribution in [2.75, 3.05) is 0 Å². The average Bonchev–Trinajstić information content (AvgIpc) is 3.10. The van der Waals surface area contributed by atoms with Crippen molar-refractivity contribution in [2.24, 2.45) is 14.1 Å². The molecule has 4 rings (SSSR count). The van der Waals surface area contributed by atoms with Crippen LogP contribution in [0, 0.1) is 13.8 Å². The number of nitrogens with zero attached hydrogens (tertiary/aromatic N) is 5. The molecule has 0 aliphatic carbocycles. The van der Waals surface area contributed by atoms with Gasteiger partial charge < -0.3 is 4.57 Å². The summed E-state index contributed by atoms with van der Waals surface area (Å²) in [6.07, 6.45) is 0. The second kappa shape index (κ2) is 5.60. The number of aromatic nitrogens is 5. The van der Waals surface area contributed by atoms with Crippen LogP contribution in [0.4, 0.5) is 0 Å². The summed E-state index contributed by atoms with van der Waals surface area (Å²) in [7, 11) is 3.53. The number of rotatable bonds is 2. The van der Waals surface area contributed by atoms with E-state index in [2.05, 4.69) is 4.98 Å². The molecule has 0 N–H and O–H groups in total. The fourth-order valence-corrected chi connectivity index (χ4v) is 3.58. The summed E-state index contributed by atoms with van der Waals surface area (Å²) in [5, 5.41) is 0.565. The smallest absolute Gasteiger partial charge is 0.317 e. The third-order valence-electron chi connectivity index (χ3n) is 5.02. The van der Waals surface area contributed by atoms with Gasteiger partial charge in [-0.25, -0.2) is 4.79 Å². The van der Waals surface area contributed by atoms with E-state index < -0.39 is 5.69 Å². The summed E-state index contributed by atoms with van der Waals surface area (Å²) in [5.41, 5.74) is 2.77.